The van der Waals surface area contributed by atoms with Gasteiger partial charge in [-0.05, 0) is 19.1 Å². The molecule has 23 heavy (non-hydrogen) atoms. The quantitative estimate of drug-likeness (QED) is 0.765. The molecule has 8 heteroatoms. The molecule has 0 atom stereocenters. The molecular formula is C15H18N4O4. The monoisotopic (exact) mass is 318 g/mol. The second-order valence-electron chi connectivity index (χ2n) is 4.91. The maximum atomic E-state index is 11.9. The molecule has 1 aromatic carbocycles. The fraction of sp³-hybridized carbons (Fsp3) is 0.333. The van der Waals surface area contributed by atoms with E-state index < -0.39 is 23.8 Å². The summed E-state index contributed by atoms with van der Waals surface area (Å²) < 4.78 is 0. The van der Waals surface area contributed by atoms with Crippen molar-refractivity contribution in [1.82, 2.24) is 15.1 Å². The lowest BCUT2D eigenvalue weighted by Gasteiger charge is -2.31. The summed E-state index contributed by atoms with van der Waals surface area (Å²) in [6, 6.07) is 8.04. The van der Waals surface area contributed by atoms with Crippen LogP contribution in [0.15, 0.2) is 30.3 Å². The van der Waals surface area contributed by atoms with Gasteiger partial charge >= 0.3 is 17.8 Å². The molecule has 0 saturated carbocycles. The third kappa shape index (κ3) is 4.06. The summed E-state index contributed by atoms with van der Waals surface area (Å²) >= 11 is 0. The Labute approximate surface area is 133 Å². The largest absolute Gasteiger partial charge is 0.333 e. The van der Waals surface area contributed by atoms with Gasteiger partial charge in [0.25, 0.3) is 0 Å². The van der Waals surface area contributed by atoms with Crippen molar-refractivity contribution in [1.29, 1.82) is 0 Å². The highest BCUT2D eigenvalue weighted by atomic mass is 16.2. The molecule has 2 rings (SSSR count). The summed E-state index contributed by atoms with van der Waals surface area (Å²) in [5.74, 6) is -2.00. The van der Waals surface area contributed by atoms with Crippen molar-refractivity contribution < 1.29 is 19.2 Å². The van der Waals surface area contributed by atoms with Crippen molar-refractivity contribution in [3.63, 3.8) is 0 Å². The predicted octanol–water partition coefficient (Wildman–Crippen LogP) is 0.0254. The number of imide groups is 1. The van der Waals surface area contributed by atoms with Crippen molar-refractivity contribution in [2.24, 2.45) is 0 Å². The minimum atomic E-state index is -0.876. The molecule has 5 amide bonds. The summed E-state index contributed by atoms with van der Waals surface area (Å²) in [4.78, 5) is 49.5. The zero-order valence-electron chi connectivity index (χ0n) is 12.7. The van der Waals surface area contributed by atoms with E-state index in [-0.39, 0.29) is 13.1 Å². The Bertz CT molecular complexity index is 617. The van der Waals surface area contributed by atoms with Crippen LogP contribution < -0.4 is 10.6 Å². The number of urea groups is 1. The van der Waals surface area contributed by atoms with Crippen LogP contribution in [0.3, 0.4) is 0 Å². The van der Waals surface area contributed by atoms with Crippen molar-refractivity contribution in [2.45, 2.75) is 6.92 Å². The Morgan fingerprint density at radius 2 is 1.78 bits per heavy atom. The number of likely N-dealkylation sites (N-methyl/N-ethyl adjacent to an activating group) is 1. The molecule has 1 aliphatic rings. The Morgan fingerprint density at radius 1 is 1.09 bits per heavy atom. The third-order valence-corrected chi connectivity index (χ3v) is 3.39. The molecule has 0 spiro atoms. The number of hydrogen-bond donors (Lipinski definition) is 2. The van der Waals surface area contributed by atoms with E-state index in [2.05, 4.69) is 10.6 Å². The first kappa shape index (κ1) is 16.5. The van der Waals surface area contributed by atoms with Crippen LogP contribution in [0.25, 0.3) is 0 Å². The fourth-order valence-electron chi connectivity index (χ4n) is 2.15. The number of nitrogens with zero attached hydrogens (tertiary/aromatic N) is 2. The van der Waals surface area contributed by atoms with Gasteiger partial charge in [0.1, 0.15) is 0 Å². The summed E-state index contributed by atoms with van der Waals surface area (Å²) in [7, 11) is 0. The lowest BCUT2D eigenvalue weighted by molar-refractivity contribution is -0.153. The smallest absolute Gasteiger partial charge is 0.325 e. The van der Waals surface area contributed by atoms with Crippen LogP contribution in [0.4, 0.5) is 10.5 Å². The number of nitrogens with one attached hydrogen (secondary N) is 2. The van der Waals surface area contributed by atoms with Gasteiger partial charge in [-0.2, -0.15) is 0 Å². The van der Waals surface area contributed by atoms with Crippen LogP contribution in [0.1, 0.15) is 6.92 Å². The molecule has 1 aliphatic heterocycles. The van der Waals surface area contributed by atoms with Gasteiger partial charge in [0.15, 0.2) is 0 Å². The lowest BCUT2D eigenvalue weighted by atomic mass is 10.3. The molecule has 122 valence electrons. The first-order valence-electron chi connectivity index (χ1n) is 7.26. The highest BCUT2D eigenvalue weighted by molar-refractivity contribution is 6.38. The molecule has 0 radical (unpaired) electrons. The normalized spacial score (nSPS) is 14.7. The molecule has 1 saturated heterocycles. The van der Waals surface area contributed by atoms with Gasteiger partial charge in [-0.25, -0.2) is 4.79 Å². The first-order valence-corrected chi connectivity index (χ1v) is 7.26. The Kier molecular flexibility index (Phi) is 5.29. The average molecular weight is 318 g/mol. The van der Waals surface area contributed by atoms with E-state index in [1.165, 1.54) is 4.90 Å². The van der Waals surface area contributed by atoms with E-state index in [0.717, 1.165) is 4.90 Å². The third-order valence-electron chi connectivity index (χ3n) is 3.39. The molecular weight excluding hydrogens is 300 g/mol. The number of hydrogen-bond acceptors (Lipinski definition) is 4. The van der Waals surface area contributed by atoms with Crippen molar-refractivity contribution in [2.75, 3.05) is 31.5 Å². The number of rotatable bonds is 4. The van der Waals surface area contributed by atoms with Crippen LogP contribution >= 0.6 is 0 Å². The minimum absolute atomic E-state index is 0.116. The number of para-hydroxylation sites is 1. The standard InChI is InChI=1S/C15H18N4O4/c1-2-18-8-9-19(14(22)13(18)21)15(23)16-10-12(20)17-11-6-4-3-5-7-11/h3-7H,2,8-10H2,1H3,(H,16,23)(H,17,20). The van der Waals surface area contributed by atoms with Crippen molar-refractivity contribution >= 4 is 29.4 Å². The van der Waals surface area contributed by atoms with Crippen LogP contribution in [0.2, 0.25) is 0 Å². The van der Waals surface area contributed by atoms with Crippen LogP contribution in [-0.2, 0) is 14.4 Å². The van der Waals surface area contributed by atoms with Crippen molar-refractivity contribution in [3.05, 3.63) is 30.3 Å². The molecule has 0 aliphatic carbocycles. The summed E-state index contributed by atoms with van der Waals surface area (Å²) in [5, 5.41) is 4.94. The lowest BCUT2D eigenvalue weighted by Crippen LogP contribution is -2.58. The zero-order chi connectivity index (χ0) is 16.8. The molecule has 1 aromatic rings. The second kappa shape index (κ2) is 7.39. The van der Waals surface area contributed by atoms with E-state index in [1.54, 1.807) is 31.2 Å². The fourth-order valence-corrected chi connectivity index (χ4v) is 2.15. The zero-order valence-corrected chi connectivity index (χ0v) is 12.7. The van der Waals surface area contributed by atoms with Crippen LogP contribution in [0.5, 0.6) is 0 Å². The van der Waals surface area contributed by atoms with E-state index in [9.17, 15) is 19.2 Å². The van der Waals surface area contributed by atoms with E-state index in [1.807, 2.05) is 6.07 Å². The maximum absolute atomic E-state index is 11.9. The highest BCUT2D eigenvalue weighted by Crippen LogP contribution is 2.06. The molecule has 0 unspecified atom stereocenters. The average Bonchev–Trinajstić information content (AvgIpc) is 2.56. The Hall–Kier alpha value is -2.90. The van der Waals surface area contributed by atoms with Gasteiger partial charge in [0.05, 0.1) is 6.54 Å². The molecule has 1 heterocycles. The summed E-state index contributed by atoms with van der Waals surface area (Å²) in [5.41, 5.74) is 0.606. The van der Waals surface area contributed by atoms with Gasteiger partial charge in [0, 0.05) is 25.3 Å². The number of carbonyl (C=O) groups is 4. The van der Waals surface area contributed by atoms with Gasteiger partial charge in [0.2, 0.25) is 5.91 Å². The van der Waals surface area contributed by atoms with Gasteiger partial charge in [-0.15, -0.1) is 0 Å². The van der Waals surface area contributed by atoms with Gasteiger partial charge < -0.3 is 15.5 Å². The summed E-state index contributed by atoms with van der Waals surface area (Å²) in [6.45, 7) is 2.30. The predicted molar refractivity (Wildman–Crippen MR) is 82.4 cm³/mol. The first-order chi connectivity index (χ1) is 11.0. The van der Waals surface area contributed by atoms with Gasteiger partial charge in [-0.1, -0.05) is 18.2 Å². The van der Waals surface area contributed by atoms with Gasteiger partial charge in [-0.3, -0.25) is 19.3 Å². The SMILES string of the molecule is CCN1CCN(C(=O)NCC(=O)Nc2ccccc2)C(=O)C1=O. The number of anilines is 1. The molecule has 8 nitrogen and oxygen atoms in total. The topological polar surface area (TPSA) is 98.8 Å². The molecule has 2 N–H and O–H groups in total. The summed E-state index contributed by atoms with van der Waals surface area (Å²) in [6.07, 6.45) is 0. The van der Waals surface area contributed by atoms with E-state index in [4.69, 9.17) is 0 Å². The number of benzene rings is 1. The Morgan fingerprint density at radius 3 is 2.43 bits per heavy atom. The van der Waals surface area contributed by atoms with Crippen molar-refractivity contribution in [3.8, 4) is 0 Å². The second-order valence-corrected chi connectivity index (χ2v) is 4.91. The van der Waals surface area contributed by atoms with E-state index in [0.29, 0.717) is 18.8 Å². The minimum Gasteiger partial charge on any atom is -0.333 e. The number of carbonyl (C=O) groups excluding carboxylic acids is 4. The Balaban J connectivity index is 1.84. The maximum Gasteiger partial charge on any atom is 0.325 e. The molecule has 0 aromatic heterocycles. The number of amides is 5. The highest BCUT2D eigenvalue weighted by Gasteiger charge is 2.35. The van der Waals surface area contributed by atoms with E-state index >= 15 is 0 Å². The molecule has 1 fully saturated rings. The van der Waals surface area contributed by atoms with Crippen LogP contribution in [-0.4, -0.2) is 59.7 Å². The molecule has 0 bridgehead atoms. The van der Waals surface area contributed by atoms with Crippen LogP contribution in [0, 0.1) is 0 Å². The number of piperazine rings is 1.